The summed E-state index contributed by atoms with van der Waals surface area (Å²) in [4.78, 5) is 26.0. The Morgan fingerprint density at radius 2 is 0.786 bits per heavy atom. The van der Waals surface area contributed by atoms with E-state index in [1.807, 2.05) is 48.5 Å². The summed E-state index contributed by atoms with van der Waals surface area (Å²) in [7, 11) is 0. The molecule has 4 unspecified atom stereocenters. The average molecular weight is 577 g/mol. The lowest BCUT2D eigenvalue weighted by atomic mass is 9.85. The summed E-state index contributed by atoms with van der Waals surface area (Å²) >= 11 is 0. The van der Waals surface area contributed by atoms with E-state index in [2.05, 4.69) is 66.0 Å². The molecule has 0 spiro atoms. The van der Waals surface area contributed by atoms with Gasteiger partial charge in [0.2, 0.25) is 0 Å². The third-order valence-electron chi connectivity index (χ3n) is 9.26. The second-order valence-corrected chi connectivity index (χ2v) is 13.9. The molecule has 2 aromatic rings. The first-order valence-electron chi connectivity index (χ1n) is 16.1. The van der Waals surface area contributed by atoms with E-state index in [4.69, 9.17) is 9.47 Å². The monoisotopic (exact) mass is 576 g/mol. The van der Waals surface area contributed by atoms with Crippen molar-refractivity contribution in [1.82, 2.24) is 10.6 Å². The first-order valence-corrected chi connectivity index (χ1v) is 16.1. The Hall–Kier alpha value is -2.70. The Morgan fingerprint density at radius 3 is 1.02 bits per heavy atom. The zero-order valence-corrected chi connectivity index (χ0v) is 26.9. The lowest BCUT2D eigenvalue weighted by molar-refractivity contribution is 0.00519. The van der Waals surface area contributed by atoms with Crippen LogP contribution in [-0.2, 0) is 9.47 Å². The maximum Gasteiger partial charge on any atom is 0.338 e. The minimum absolute atomic E-state index is 0.0806. The van der Waals surface area contributed by atoms with E-state index in [1.54, 1.807) is 0 Å². The van der Waals surface area contributed by atoms with Crippen molar-refractivity contribution in [1.29, 1.82) is 0 Å². The van der Waals surface area contributed by atoms with Gasteiger partial charge in [-0.3, -0.25) is 0 Å². The molecular formula is C36H52N2O4. The van der Waals surface area contributed by atoms with Gasteiger partial charge in [0.05, 0.1) is 11.1 Å². The summed E-state index contributed by atoms with van der Waals surface area (Å²) in [6, 6.07) is 16.5. The molecule has 42 heavy (non-hydrogen) atoms. The van der Waals surface area contributed by atoms with Crippen LogP contribution in [0.4, 0.5) is 0 Å². The molecule has 4 atom stereocenters. The zero-order valence-electron chi connectivity index (χ0n) is 26.9. The van der Waals surface area contributed by atoms with Crippen molar-refractivity contribution < 1.29 is 19.1 Å². The topological polar surface area (TPSA) is 76.7 Å². The molecule has 0 aromatic heterocycles. The van der Waals surface area contributed by atoms with Gasteiger partial charge in [0.1, 0.15) is 12.2 Å². The predicted molar refractivity (Wildman–Crippen MR) is 170 cm³/mol. The zero-order chi connectivity index (χ0) is 30.6. The Labute approximate surface area is 253 Å². The highest BCUT2D eigenvalue weighted by atomic mass is 16.5. The smallest absolute Gasteiger partial charge is 0.338 e. The van der Waals surface area contributed by atoms with Gasteiger partial charge in [0, 0.05) is 49.9 Å². The number of ether oxygens (including phenoxy) is 2. The van der Waals surface area contributed by atoms with E-state index in [1.165, 1.54) is 0 Å². The second-order valence-electron chi connectivity index (χ2n) is 13.9. The number of hydrogen-bond acceptors (Lipinski definition) is 6. The fourth-order valence-corrected chi connectivity index (χ4v) is 6.23. The van der Waals surface area contributed by atoms with Gasteiger partial charge in [-0.1, -0.05) is 79.7 Å². The van der Waals surface area contributed by atoms with Crippen molar-refractivity contribution in [3.05, 3.63) is 59.7 Å². The predicted octanol–water partition coefficient (Wildman–Crippen LogP) is 7.27. The molecule has 0 radical (unpaired) electrons. The SMILES string of the molecule is CC(C)C1CC(OC(=O)c2ccc(-c3ccc(C(=O)OC4CC(C(C)C)NC(C(C)C)C4)cc3)cc2)CC(C(C)C)N1. The molecular weight excluding hydrogens is 524 g/mol. The fraction of sp³-hybridized carbons (Fsp3) is 0.611. The van der Waals surface area contributed by atoms with Gasteiger partial charge in [0.15, 0.2) is 0 Å². The molecule has 2 fully saturated rings. The fourth-order valence-electron chi connectivity index (χ4n) is 6.23. The molecule has 2 N–H and O–H groups in total. The molecule has 0 bridgehead atoms. The molecule has 0 amide bonds. The van der Waals surface area contributed by atoms with Gasteiger partial charge in [-0.2, -0.15) is 0 Å². The second kappa shape index (κ2) is 14.2. The number of carbonyl (C=O) groups is 2. The van der Waals surface area contributed by atoms with Crippen molar-refractivity contribution in [2.45, 2.75) is 117 Å². The molecule has 6 nitrogen and oxygen atoms in total. The summed E-state index contributed by atoms with van der Waals surface area (Å²) in [6.07, 6.45) is 3.20. The van der Waals surface area contributed by atoms with E-state index < -0.39 is 0 Å². The minimum atomic E-state index is -0.270. The number of nitrogens with one attached hydrogen (secondary N) is 2. The van der Waals surface area contributed by atoms with Crippen molar-refractivity contribution in [2.24, 2.45) is 23.7 Å². The van der Waals surface area contributed by atoms with E-state index in [-0.39, 0.29) is 24.1 Å². The van der Waals surface area contributed by atoms with Gasteiger partial charge < -0.3 is 20.1 Å². The molecule has 2 aliphatic rings. The number of rotatable bonds is 9. The highest BCUT2D eigenvalue weighted by Crippen LogP contribution is 2.28. The van der Waals surface area contributed by atoms with Crippen LogP contribution in [0.2, 0.25) is 0 Å². The van der Waals surface area contributed by atoms with Crippen LogP contribution in [0.5, 0.6) is 0 Å². The third-order valence-corrected chi connectivity index (χ3v) is 9.26. The van der Waals surface area contributed by atoms with E-state index in [9.17, 15) is 9.59 Å². The van der Waals surface area contributed by atoms with Crippen molar-refractivity contribution in [3.8, 4) is 11.1 Å². The van der Waals surface area contributed by atoms with Crippen LogP contribution in [0.15, 0.2) is 48.5 Å². The number of piperidine rings is 2. The van der Waals surface area contributed by atoms with E-state index >= 15 is 0 Å². The van der Waals surface area contributed by atoms with Crippen molar-refractivity contribution >= 4 is 11.9 Å². The molecule has 2 aliphatic heterocycles. The van der Waals surface area contributed by atoms with E-state index in [0.29, 0.717) is 59.0 Å². The normalized spacial score (nSPS) is 26.6. The Bertz CT molecular complexity index is 1050. The number of benzene rings is 2. The summed E-state index contributed by atoms with van der Waals surface area (Å²) in [6.45, 7) is 17.7. The molecule has 4 rings (SSSR count). The maximum absolute atomic E-state index is 13.0. The summed E-state index contributed by atoms with van der Waals surface area (Å²) in [5.41, 5.74) is 3.07. The number of hydrogen-bond donors (Lipinski definition) is 2. The first-order chi connectivity index (χ1) is 19.9. The molecule has 2 heterocycles. The van der Waals surface area contributed by atoms with Gasteiger partial charge in [-0.05, 0) is 59.1 Å². The third kappa shape index (κ3) is 8.23. The maximum atomic E-state index is 13.0. The van der Waals surface area contributed by atoms with Crippen molar-refractivity contribution in [2.75, 3.05) is 0 Å². The van der Waals surface area contributed by atoms with Crippen LogP contribution < -0.4 is 10.6 Å². The van der Waals surface area contributed by atoms with Crippen LogP contribution in [0, 0.1) is 23.7 Å². The number of carbonyl (C=O) groups excluding carboxylic acids is 2. The number of esters is 2. The molecule has 0 saturated carbocycles. The van der Waals surface area contributed by atoms with Crippen LogP contribution in [0.1, 0.15) is 102 Å². The van der Waals surface area contributed by atoms with Gasteiger partial charge in [0.25, 0.3) is 0 Å². The highest BCUT2D eigenvalue weighted by molar-refractivity contribution is 5.91. The summed E-state index contributed by atoms with van der Waals surface area (Å²) in [5.74, 6) is 1.40. The minimum Gasteiger partial charge on any atom is -0.459 e. The quantitative estimate of drug-likeness (QED) is 0.306. The van der Waals surface area contributed by atoms with Crippen LogP contribution >= 0.6 is 0 Å². The largest absolute Gasteiger partial charge is 0.459 e. The Balaban J connectivity index is 1.35. The van der Waals surface area contributed by atoms with Crippen LogP contribution in [-0.4, -0.2) is 48.3 Å². The van der Waals surface area contributed by atoms with Crippen LogP contribution in [0.3, 0.4) is 0 Å². The lowest BCUT2D eigenvalue weighted by Gasteiger charge is -2.39. The Kier molecular flexibility index (Phi) is 10.9. The standard InChI is InChI=1S/C36H52N2O4/c1-21(2)31-17-29(18-32(37-31)22(3)4)41-35(39)27-13-9-25(10-14-27)26-11-15-28(16-12-26)36(40)42-30-19-33(23(5)6)38-34(20-30)24(7)8/h9-16,21-24,29-34,37-38H,17-20H2,1-8H3. The van der Waals surface area contributed by atoms with Crippen molar-refractivity contribution in [3.63, 3.8) is 0 Å². The lowest BCUT2D eigenvalue weighted by Crippen LogP contribution is -2.52. The van der Waals surface area contributed by atoms with Crippen LogP contribution in [0.25, 0.3) is 11.1 Å². The summed E-state index contributed by atoms with van der Waals surface area (Å²) in [5, 5.41) is 7.48. The average Bonchev–Trinajstić information content (AvgIpc) is 2.96. The molecule has 0 aliphatic carbocycles. The molecule has 2 saturated heterocycles. The molecule has 6 heteroatoms. The molecule has 230 valence electrons. The van der Waals surface area contributed by atoms with Gasteiger partial charge >= 0.3 is 11.9 Å². The van der Waals surface area contributed by atoms with Gasteiger partial charge in [-0.25, -0.2) is 9.59 Å². The first kappa shape index (κ1) is 32.2. The van der Waals surface area contributed by atoms with Gasteiger partial charge in [-0.15, -0.1) is 0 Å². The summed E-state index contributed by atoms with van der Waals surface area (Å²) < 4.78 is 12.0. The highest BCUT2D eigenvalue weighted by Gasteiger charge is 2.34. The Morgan fingerprint density at radius 1 is 0.524 bits per heavy atom. The van der Waals surface area contributed by atoms with E-state index in [0.717, 1.165) is 36.8 Å². The molecule has 2 aromatic carbocycles.